The van der Waals surface area contributed by atoms with Crippen molar-refractivity contribution in [2.75, 3.05) is 0 Å². The second-order valence-electron chi connectivity index (χ2n) is 4.46. The second-order valence-corrected chi connectivity index (χ2v) is 4.46. The summed E-state index contributed by atoms with van der Waals surface area (Å²) in [5.41, 5.74) is 2.95. The van der Waals surface area contributed by atoms with Crippen molar-refractivity contribution in [2.45, 2.75) is 33.0 Å². The first-order chi connectivity index (χ1) is 7.66. The third kappa shape index (κ3) is 1.21. The van der Waals surface area contributed by atoms with Crippen LogP contribution >= 0.6 is 0 Å². The van der Waals surface area contributed by atoms with Gasteiger partial charge in [0.15, 0.2) is 5.65 Å². The van der Waals surface area contributed by atoms with Crippen molar-refractivity contribution >= 4 is 5.65 Å². The van der Waals surface area contributed by atoms with Crippen molar-refractivity contribution in [3.8, 4) is 5.88 Å². The molecule has 2 aromatic rings. The zero-order valence-corrected chi connectivity index (χ0v) is 9.38. The predicted molar refractivity (Wildman–Crippen MR) is 59.0 cm³/mol. The summed E-state index contributed by atoms with van der Waals surface area (Å²) in [6.45, 7) is 6.06. The average Bonchev–Trinajstić information content (AvgIpc) is 2.76. The van der Waals surface area contributed by atoms with Crippen LogP contribution in [0.5, 0.6) is 5.88 Å². The van der Waals surface area contributed by atoms with Gasteiger partial charge in [-0.3, -0.25) is 4.90 Å². The molecule has 84 valence electrons. The number of hydrogen-bond acceptors (Lipinski definition) is 4. The number of aromatic nitrogens is 3. The zero-order chi connectivity index (χ0) is 11.3. The van der Waals surface area contributed by atoms with Crippen molar-refractivity contribution in [3.05, 3.63) is 23.5 Å². The minimum absolute atomic E-state index is 0.149. The fourth-order valence-electron chi connectivity index (χ4n) is 2.13. The molecular weight excluding hydrogens is 204 g/mol. The van der Waals surface area contributed by atoms with Gasteiger partial charge in [-0.1, -0.05) is 0 Å². The van der Waals surface area contributed by atoms with E-state index < -0.39 is 0 Å². The van der Waals surface area contributed by atoms with Crippen molar-refractivity contribution in [1.82, 2.24) is 19.5 Å². The molecule has 0 saturated carbocycles. The van der Waals surface area contributed by atoms with E-state index in [1.54, 1.807) is 12.3 Å². The van der Waals surface area contributed by atoms with Gasteiger partial charge in [0.1, 0.15) is 0 Å². The molecule has 0 bridgehead atoms. The van der Waals surface area contributed by atoms with E-state index in [1.807, 2.05) is 0 Å². The Morgan fingerprint density at radius 2 is 2.19 bits per heavy atom. The van der Waals surface area contributed by atoms with Gasteiger partial charge in [-0.2, -0.15) is 9.61 Å². The van der Waals surface area contributed by atoms with Crippen molar-refractivity contribution in [2.24, 2.45) is 0 Å². The van der Waals surface area contributed by atoms with E-state index in [-0.39, 0.29) is 5.88 Å². The van der Waals surface area contributed by atoms with Crippen LogP contribution in [0.25, 0.3) is 5.65 Å². The summed E-state index contributed by atoms with van der Waals surface area (Å²) in [5.74, 6) is 0.149. The molecule has 16 heavy (non-hydrogen) atoms. The third-order valence-electron chi connectivity index (χ3n) is 3.12. The van der Waals surface area contributed by atoms with E-state index in [0.29, 0.717) is 6.04 Å². The van der Waals surface area contributed by atoms with Crippen LogP contribution in [0.4, 0.5) is 0 Å². The molecule has 1 N–H and O–H groups in total. The molecule has 1 aliphatic rings. The van der Waals surface area contributed by atoms with Crippen molar-refractivity contribution < 1.29 is 5.11 Å². The Kier molecular flexibility index (Phi) is 1.91. The number of nitrogens with zero attached hydrogens (tertiary/aromatic N) is 4. The molecule has 0 aliphatic carbocycles. The Morgan fingerprint density at radius 3 is 2.94 bits per heavy atom. The summed E-state index contributed by atoms with van der Waals surface area (Å²) >= 11 is 0. The summed E-state index contributed by atoms with van der Waals surface area (Å²) in [4.78, 5) is 6.62. The highest BCUT2D eigenvalue weighted by atomic mass is 16.3. The Hall–Kier alpha value is -1.62. The molecule has 2 aromatic heterocycles. The molecule has 0 saturated heterocycles. The number of hydrogen-bond donors (Lipinski definition) is 1. The number of aromatic hydroxyl groups is 1. The second kappa shape index (κ2) is 3.18. The highest BCUT2D eigenvalue weighted by molar-refractivity contribution is 5.52. The van der Waals surface area contributed by atoms with Crippen LogP contribution in [0.15, 0.2) is 12.3 Å². The first-order valence-electron chi connectivity index (χ1n) is 5.45. The third-order valence-corrected chi connectivity index (χ3v) is 3.12. The SMILES string of the molecule is CC(C)N1Cc2nn3c(O)ccnc3c2C1. The van der Waals surface area contributed by atoms with Crippen LogP contribution in [0.1, 0.15) is 25.1 Å². The van der Waals surface area contributed by atoms with Gasteiger partial charge in [0.25, 0.3) is 0 Å². The fraction of sp³-hybridized carbons (Fsp3) is 0.455. The van der Waals surface area contributed by atoms with Crippen LogP contribution in [0, 0.1) is 0 Å². The first kappa shape index (κ1) is 9.59. The van der Waals surface area contributed by atoms with E-state index in [0.717, 1.165) is 30.0 Å². The smallest absolute Gasteiger partial charge is 0.215 e. The Balaban J connectivity index is 2.12. The average molecular weight is 218 g/mol. The molecule has 3 rings (SSSR count). The van der Waals surface area contributed by atoms with Crippen LogP contribution in [-0.2, 0) is 13.1 Å². The van der Waals surface area contributed by atoms with Gasteiger partial charge in [0.05, 0.1) is 5.69 Å². The Bertz CT molecular complexity index is 546. The highest BCUT2D eigenvalue weighted by Crippen LogP contribution is 2.27. The molecular formula is C11H14N4O. The number of rotatable bonds is 1. The highest BCUT2D eigenvalue weighted by Gasteiger charge is 2.27. The Morgan fingerprint density at radius 1 is 1.38 bits per heavy atom. The molecule has 5 heteroatoms. The minimum atomic E-state index is 0.149. The predicted octanol–water partition coefficient (Wildman–Crippen LogP) is 1.16. The summed E-state index contributed by atoms with van der Waals surface area (Å²) in [6, 6.07) is 2.06. The van der Waals surface area contributed by atoms with Gasteiger partial charge in [0, 0.05) is 37.0 Å². The maximum atomic E-state index is 9.65. The van der Waals surface area contributed by atoms with E-state index in [4.69, 9.17) is 0 Å². The molecule has 0 atom stereocenters. The largest absolute Gasteiger partial charge is 0.493 e. The molecule has 3 heterocycles. The summed E-state index contributed by atoms with van der Waals surface area (Å²) in [6.07, 6.45) is 1.62. The zero-order valence-electron chi connectivity index (χ0n) is 9.38. The van der Waals surface area contributed by atoms with Crippen LogP contribution in [0.3, 0.4) is 0 Å². The van der Waals surface area contributed by atoms with Crippen molar-refractivity contribution in [1.29, 1.82) is 0 Å². The molecule has 0 spiro atoms. The first-order valence-corrected chi connectivity index (χ1v) is 5.45. The van der Waals surface area contributed by atoms with Gasteiger partial charge in [-0.15, -0.1) is 0 Å². The maximum absolute atomic E-state index is 9.65. The molecule has 0 fully saturated rings. The fourth-order valence-corrected chi connectivity index (χ4v) is 2.13. The lowest BCUT2D eigenvalue weighted by Gasteiger charge is -2.19. The quantitative estimate of drug-likeness (QED) is 0.780. The maximum Gasteiger partial charge on any atom is 0.215 e. The molecule has 0 aromatic carbocycles. The van der Waals surface area contributed by atoms with Gasteiger partial charge < -0.3 is 5.11 Å². The summed E-state index contributed by atoms with van der Waals surface area (Å²) in [5, 5.41) is 14.0. The molecule has 5 nitrogen and oxygen atoms in total. The lowest BCUT2D eigenvalue weighted by molar-refractivity contribution is 0.224. The molecule has 0 unspecified atom stereocenters. The van der Waals surface area contributed by atoms with Gasteiger partial charge >= 0.3 is 0 Å². The van der Waals surface area contributed by atoms with Gasteiger partial charge in [0.2, 0.25) is 5.88 Å². The van der Waals surface area contributed by atoms with Crippen LogP contribution in [-0.4, -0.2) is 30.6 Å². The standard InChI is InChI=1S/C11H14N4O/c1-7(2)14-5-8-9(6-14)13-15-10(16)3-4-12-11(8)15/h3-4,7,16H,5-6H2,1-2H3. The van der Waals surface area contributed by atoms with E-state index in [2.05, 4.69) is 28.8 Å². The van der Waals surface area contributed by atoms with E-state index in [9.17, 15) is 5.11 Å². The van der Waals surface area contributed by atoms with Crippen molar-refractivity contribution in [3.63, 3.8) is 0 Å². The van der Waals surface area contributed by atoms with E-state index >= 15 is 0 Å². The number of fused-ring (bicyclic) bond motifs is 3. The topological polar surface area (TPSA) is 53.7 Å². The Labute approximate surface area is 93.3 Å². The van der Waals surface area contributed by atoms with E-state index in [1.165, 1.54) is 4.52 Å². The lowest BCUT2D eigenvalue weighted by Crippen LogP contribution is -2.25. The summed E-state index contributed by atoms with van der Waals surface area (Å²) in [7, 11) is 0. The van der Waals surface area contributed by atoms with Crippen LogP contribution in [0.2, 0.25) is 0 Å². The normalized spacial score (nSPS) is 16.2. The lowest BCUT2D eigenvalue weighted by atomic mass is 10.3. The molecule has 0 amide bonds. The van der Waals surface area contributed by atoms with Gasteiger partial charge in [-0.25, -0.2) is 4.98 Å². The molecule has 1 aliphatic heterocycles. The minimum Gasteiger partial charge on any atom is -0.493 e. The molecule has 0 radical (unpaired) electrons. The summed E-state index contributed by atoms with van der Waals surface area (Å²) < 4.78 is 1.52. The van der Waals surface area contributed by atoms with Crippen LogP contribution < -0.4 is 0 Å². The monoisotopic (exact) mass is 218 g/mol. The van der Waals surface area contributed by atoms with Gasteiger partial charge in [-0.05, 0) is 13.8 Å².